The van der Waals surface area contributed by atoms with Crippen molar-refractivity contribution in [1.29, 1.82) is 0 Å². The smallest absolute Gasteiger partial charge is 0.189 e. The molecule has 14 heavy (non-hydrogen) atoms. The number of nitrogens with one attached hydrogen (secondary N) is 2. The Morgan fingerprint density at radius 2 is 2.36 bits per heavy atom. The first-order valence-corrected chi connectivity index (χ1v) is 5.45. The molecule has 0 aliphatic rings. The predicted molar refractivity (Wildman–Crippen MR) is 66.0 cm³/mol. The first kappa shape index (κ1) is 11.1. The molecule has 2 N–H and O–H groups in total. The SMILES string of the molecule is C=CCNC(=S)Nc1nc(C)c(C)s1. The van der Waals surface area contributed by atoms with Crippen LogP contribution in [0, 0.1) is 13.8 Å². The Labute approximate surface area is 93.2 Å². The molecule has 0 saturated heterocycles. The summed E-state index contributed by atoms with van der Waals surface area (Å²) in [5.74, 6) is 0. The lowest BCUT2D eigenvalue weighted by Crippen LogP contribution is -2.28. The molecule has 76 valence electrons. The first-order valence-electron chi connectivity index (χ1n) is 4.23. The zero-order valence-corrected chi connectivity index (χ0v) is 9.89. The summed E-state index contributed by atoms with van der Waals surface area (Å²) in [7, 11) is 0. The molecule has 1 rings (SSSR count). The van der Waals surface area contributed by atoms with Gasteiger partial charge < -0.3 is 10.6 Å². The Hall–Kier alpha value is -0.940. The number of nitrogens with zero attached hydrogens (tertiary/aromatic N) is 1. The summed E-state index contributed by atoms with van der Waals surface area (Å²) in [5, 5.41) is 7.41. The molecule has 0 aliphatic carbocycles. The maximum atomic E-state index is 5.05. The van der Waals surface area contributed by atoms with Crippen LogP contribution in [0.15, 0.2) is 12.7 Å². The van der Waals surface area contributed by atoms with E-state index in [0.717, 1.165) is 10.8 Å². The van der Waals surface area contributed by atoms with E-state index in [1.54, 1.807) is 17.4 Å². The van der Waals surface area contributed by atoms with Crippen LogP contribution in [-0.4, -0.2) is 16.6 Å². The van der Waals surface area contributed by atoms with E-state index >= 15 is 0 Å². The predicted octanol–water partition coefficient (Wildman–Crippen LogP) is 2.23. The largest absolute Gasteiger partial charge is 0.359 e. The van der Waals surface area contributed by atoms with Gasteiger partial charge in [-0.3, -0.25) is 0 Å². The highest BCUT2D eigenvalue weighted by molar-refractivity contribution is 7.80. The Kier molecular flexibility index (Phi) is 4.03. The molecule has 3 nitrogen and oxygen atoms in total. The number of anilines is 1. The van der Waals surface area contributed by atoms with Crippen LogP contribution in [0.2, 0.25) is 0 Å². The van der Waals surface area contributed by atoms with E-state index in [9.17, 15) is 0 Å². The minimum absolute atomic E-state index is 0.582. The number of rotatable bonds is 3. The first-order chi connectivity index (χ1) is 6.63. The standard InChI is InChI=1S/C9H13N3S2/c1-4-5-10-8(13)12-9-11-6(2)7(3)14-9/h4H,1,5H2,2-3H3,(H2,10,11,12,13). The van der Waals surface area contributed by atoms with Crippen LogP contribution in [0.1, 0.15) is 10.6 Å². The summed E-state index contributed by atoms with van der Waals surface area (Å²) in [6.45, 7) is 8.28. The normalized spacial score (nSPS) is 9.57. The molecule has 0 unspecified atom stereocenters. The second kappa shape index (κ2) is 5.07. The highest BCUT2D eigenvalue weighted by atomic mass is 32.1. The van der Waals surface area contributed by atoms with Gasteiger partial charge in [-0.15, -0.1) is 17.9 Å². The third-order valence-electron chi connectivity index (χ3n) is 1.66. The van der Waals surface area contributed by atoms with Gasteiger partial charge in [0.15, 0.2) is 10.2 Å². The van der Waals surface area contributed by atoms with Gasteiger partial charge >= 0.3 is 0 Å². The quantitative estimate of drug-likeness (QED) is 0.613. The Morgan fingerprint density at radius 3 is 2.86 bits per heavy atom. The van der Waals surface area contributed by atoms with Crippen molar-refractivity contribution in [3.8, 4) is 0 Å². The maximum absolute atomic E-state index is 5.05. The number of hydrogen-bond acceptors (Lipinski definition) is 3. The minimum atomic E-state index is 0.582. The number of aromatic nitrogens is 1. The van der Waals surface area contributed by atoms with E-state index in [1.165, 1.54) is 4.88 Å². The monoisotopic (exact) mass is 227 g/mol. The number of hydrogen-bond donors (Lipinski definition) is 2. The molecule has 0 spiro atoms. The average Bonchev–Trinajstić information content (AvgIpc) is 2.42. The van der Waals surface area contributed by atoms with Crippen LogP contribution in [-0.2, 0) is 0 Å². The van der Waals surface area contributed by atoms with E-state index in [2.05, 4.69) is 22.2 Å². The zero-order chi connectivity index (χ0) is 10.6. The third kappa shape index (κ3) is 3.08. The molecule has 0 aliphatic heterocycles. The van der Waals surface area contributed by atoms with Crippen LogP contribution in [0.3, 0.4) is 0 Å². The van der Waals surface area contributed by atoms with Gasteiger partial charge in [0.2, 0.25) is 0 Å². The summed E-state index contributed by atoms with van der Waals surface area (Å²) in [4.78, 5) is 5.52. The Balaban J connectivity index is 2.51. The van der Waals surface area contributed by atoms with Gasteiger partial charge in [0.25, 0.3) is 0 Å². The van der Waals surface area contributed by atoms with Gasteiger partial charge in [0, 0.05) is 11.4 Å². The minimum Gasteiger partial charge on any atom is -0.359 e. The van der Waals surface area contributed by atoms with E-state index in [-0.39, 0.29) is 0 Å². The maximum Gasteiger partial charge on any atom is 0.189 e. The van der Waals surface area contributed by atoms with E-state index in [4.69, 9.17) is 12.2 Å². The van der Waals surface area contributed by atoms with Crippen molar-refractivity contribution in [2.24, 2.45) is 0 Å². The molecule has 0 saturated carbocycles. The van der Waals surface area contributed by atoms with Crippen LogP contribution in [0.5, 0.6) is 0 Å². The fourth-order valence-electron chi connectivity index (χ4n) is 0.832. The van der Waals surface area contributed by atoms with E-state index in [1.807, 2.05) is 13.8 Å². The second-order valence-corrected chi connectivity index (χ2v) is 4.40. The van der Waals surface area contributed by atoms with Crippen molar-refractivity contribution in [1.82, 2.24) is 10.3 Å². The topological polar surface area (TPSA) is 37.0 Å². The highest BCUT2D eigenvalue weighted by Crippen LogP contribution is 2.20. The summed E-state index contributed by atoms with van der Waals surface area (Å²) in [6, 6.07) is 0. The molecule has 1 heterocycles. The average molecular weight is 227 g/mol. The van der Waals surface area contributed by atoms with Crippen LogP contribution in [0.4, 0.5) is 5.13 Å². The summed E-state index contributed by atoms with van der Waals surface area (Å²) in [5.41, 5.74) is 1.05. The van der Waals surface area contributed by atoms with Crippen LogP contribution >= 0.6 is 23.6 Å². The van der Waals surface area contributed by atoms with Gasteiger partial charge in [0.1, 0.15) is 0 Å². The van der Waals surface area contributed by atoms with Crippen molar-refractivity contribution < 1.29 is 0 Å². The summed E-state index contributed by atoms with van der Waals surface area (Å²) < 4.78 is 0. The number of thiazole rings is 1. The second-order valence-electron chi connectivity index (χ2n) is 2.78. The molecule has 0 aromatic carbocycles. The molecule has 1 aromatic rings. The van der Waals surface area contributed by atoms with Gasteiger partial charge in [-0.05, 0) is 26.1 Å². The lowest BCUT2D eigenvalue weighted by atomic mass is 10.4. The summed E-state index contributed by atoms with van der Waals surface area (Å²) >= 11 is 6.65. The fraction of sp³-hybridized carbons (Fsp3) is 0.333. The molecule has 0 amide bonds. The lowest BCUT2D eigenvalue weighted by molar-refractivity contribution is 1.06. The summed E-state index contributed by atoms with van der Waals surface area (Å²) in [6.07, 6.45) is 1.76. The molecule has 5 heteroatoms. The molecule has 0 bridgehead atoms. The highest BCUT2D eigenvalue weighted by Gasteiger charge is 2.03. The molecule has 0 fully saturated rings. The van der Waals surface area contributed by atoms with E-state index in [0.29, 0.717) is 11.7 Å². The van der Waals surface area contributed by atoms with Gasteiger partial charge in [-0.1, -0.05) is 6.08 Å². The number of aryl methyl sites for hydroxylation is 2. The molecule has 0 atom stereocenters. The van der Waals surface area contributed by atoms with Crippen molar-refractivity contribution in [3.05, 3.63) is 23.2 Å². The number of thiocarbonyl (C=S) groups is 1. The lowest BCUT2D eigenvalue weighted by Gasteiger charge is -2.04. The van der Waals surface area contributed by atoms with Crippen molar-refractivity contribution in [2.75, 3.05) is 11.9 Å². The van der Waals surface area contributed by atoms with Gasteiger partial charge in [-0.2, -0.15) is 0 Å². The fourth-order valence-corrected chi connectivity index (χ4v) is 1.90. The van der Waals surface area contributed by atoms with Gasteiger partial charge in [0.05, 0.1) is 5.69 Å². The van der Waals surface area contributed by atoms with Crippen molar-refractivity contribution in [2.45, 2.75) is 13.8 Å². The van der Waals surface area contributed by atoms with Crippen LogP contribution < -0.4 is 10.6 Å². The van der Waals surface area contributed by atoms with Crippen molar-refractivity contribution in [3.63, 3.8) is 0 Å². The molecular formula is C9H13N3S2. The third-order valence-corrected chi connectivity index (χ3v) is 2.89. The van der Waals surface area contributed by atoms with Crippen LogP contribution in [0.25, 0.3) is 0 Å². The molecule has 0 radical (unpaired) electrons. The zero-order valence-electron chi connectivity index (χ0n) is 8.26. The Morgan fingerprint density at radius 1 is 1.64 bits per heavy atom. The molecule has 1 aromatic heterocycles. The Bertz CT molecular complexity index is 324. The van der Waals surface area contributed by atoms with E-state index < -0.39 is 0 Å². The van der Waals surface area contributed by atoms with Gasteiger partial charge in [-0.25, -0.2) is 4.98 Å². The van der Waals surface area contributed by atoms with Crippen molar-refractivity contribution >= 4 is 33.8 Å². The molecular weight excluding hydrogens is 214 g/mol.